The van der Waals surface area contributed by atoms with E-state index >= 15 is 0 Å². The summed E-state index contributed by atoms with van der Waals surface area (Å²) in [5, 5.41) is 1.88. The minimum atomic E-state index is -0.371. The first-order valence-corrected chi connectivity index (χ1v) is 4.16. The molecule has 2 nitrogen and oxygen atoms in total. The van der Waals surface area contributed by atoms with Gasteiger partial charge in [0, 0.05) is 5.38 Å². The highest BCUT2D eigenvalue weighted by Gasteiger charge is 2.16. The van der Waals surface area contributed by atoms with E-state index in [2.05, 4.69) is 4.98 Å². The van der Waals surface area contributed by atoms with Crippen LogP contribution in [0.15, 0.2) is 5.38 Å². The van der Waals surface area contributed by atoms with Crippen molar-refractivity contribution in [1.29, 1.82) is 0 Å². The SMILES string of the molecule is CC(C)(N)c1csc(Cl)n1. The van der Waals surface area contributed by atoms with Gasteiger partial charge in [0.25, 0.3) is 0 Å². The maximum atomic E-state index is 5.76. The zero-order valence-electron chi connectivity index (χ0n) is 5.89. The normalized spacial score (nSPS) is 12.0. The van der Waals surface area contributed by atoms with Crippen molar-refractivity contribution in [3.05, 3.63) is 15.5 Å². The van der Waals surface area contributed by atoms with Crippen molar-refractivity contribution in [3.8, 4) is 0 Å². The molecule has 0 aliphatic carbocycles. The molecule has 1 aromatic heterocycles. The minimum Gasteiger partial charge on any atom is -0.321 e. The third-order valence-electron chi connectivity index (χ3n) is 1.14. The standard InChI is InChI=1S/C6H9ClN2S/c1-6(2,8)4-3-10-5(7)9-4/h3H,8H2,1-2H3. The van der Waals surface area contributed by atoms with Crippen LogP contribution in [0.25, 0.3) is 0 Å². The molecule has 0 aliphatic heterocycles. The van der Waals surface area contributed by atoms with Crippen LogP contribution in [0.4, 0.5) is 0 Å². The van der Waals surface area contributed by atoms with Gasteiger partial charge in [0.2, 0.25) is 0 Å². The van der Waals surface area contributed by atoms with Gasteiger partial charge < -0.3 is 5.73 Å². The van der Waals surface area contributed by atoms with E-state index in [-0.39, 0.29) is 5.54 Å². The van der Waals surface area contributed by atoms with E-state index in [4.69, 9.17) is 17.3 Å². The predicted molar refractivity (Wildman–Crippen MR) is 44.3 cm³/mol. The zero-order chi connectivity index (χ0) is 7.78. The Morgan fingerprint density at radius 2 is 2.30 bits per heavy atom. The Morgan fingerprint density at radius 1 is 1.70 bits per heavy atom. The second-order valence-corrected chi connectivity index (χ2v) is 4.15. The highest BCUT2D eigenvalue weighted by atomic mass is 35.5. The van der Waals surface area contributed by atoms with Crippen molar-refractivity contribution >= 4 is 22.9 Å². The molecule has 0 amide bonds. The molecule has 0 fully saturated rings. The molecule has 0 saturated carbocycles. The first kappa shape index (κ1) is 7.98. The van der Waals surface area contributed by atoms with E-state index in [0.717, 1.165) is 5.69 Å². The van der Waals surface area contributed by atoms with Crippen LogP contribution in [0.2, 0.25) is 4.47 Å². The lowest BCUT2D eigenvalue weighted by atomic mass is 10.0. The lowest BCUT2D eigenvalue weighted by molar-refractivity contribution is 0.539. The van der Waals surface area contributed by atoms with Crippen molar-refractivity contribution in [2.45, 2.75) is 19.4 Å². The molecule has 0 spiro atoms. The molecule has 0 unspecified atom stereocenters. The van der Waals surface area contributed by atoms with Gasteiger partial charge in [-0.1, -0.05) is 11.6 Å². The van der Waals surface area contributed by atoms with Crippen molar-refractivity contribution in [2.24, 2.45) is 5.73 Å². The molecule has 1 rings (SSSR count). The van der Waals surface area contributed by atoms with Crippen LogP contribution in [-0.4, -0.2) is 4.98 Å². The van der Waals surface area contributed by atoms with E-state index in [1.165, 1.54) is 11.3 Å². The first-order chi connectivity index (χ1) is 4.50. The lowest BCUT2D eigenvalue weighted by Crippen LogP contribution is -2.28. The summed E-state index contributed by atoms with van der Waals surface area (Å²) < 4.78 is 0.550. The van der Waals surface area contributed by atoms with Gasteiger partial charge in [-0.3, -0.25) is 0 Å². The van der Waals surface area contributed by atoms with Crippen molar-refractivity contribution in [1.82, 2.24) is 4.98 Å². The number of nitrogens with zero attached hydrogens (tertiary/aromatic N) is 1. The molecule has 1 aromatic rings. The highest BCUT2D eigenvalue weighted by molar-refractivity contribution is 7.13. The first-order valence-electron chi connectivity index (χ1n) is 2.90. The van der Waals surface area contributed by atoms with Crippen LogP contribution in [-0.2, 0) is 5.54 Å². The zero-order valence-corrected chi connectivity index (χ0v) is 7.46. The van der Waals surface area contributed by atoms with E-state index in [9.17, 15) is 0 Å². The molecule has 10 heavy (non-hydrogen) atoms. The van der Waals surface area contributed by atoms with Crippen LogP contribution in [0.1, 0.15) is 19.5 Å². The summed E-state index contributed by atoms with van der Waals surface area (Å²) in [4.78, 5) is 4.04. The number of thiazole rings is 1. The van der Waals surface area contributed by atoms with E-state index in [0.29, 0.717) is 4.47 Å². The second kappa shape index (κ2) is 2.49. The molecule has 0 radical (unpaired) electrons. The fraction of sp³-hybridized carbons (Fsp3) is 0.500. The van der Waals surface area contributed by atoms with Gasteiger partial charge in [-0.05, 0) is 13.8 Å². The molecule has 2 N–H and O–H groups in total. The molecule has 0 saturated heterocycles. The maximum absolute atomic E-state index is 5.76. The monoisotopic (exact) mass is 176 g/mol. The summed E-state index contributed by atoms with van der Waals surface area (Å²) in [6.45, 7) is 3.80. The van der Waals surface area contributed by atoms with E-state index < -0.39 is 0 Å². The summed E-state index contributed by atoms with van der Waals surface area (Å²) in [6, 6.07) is 0. The topological polar surface area (TPSA) is 38.9 Å². The predicted octanol–water partition coefficient (Wildman–Crippen LogP) is 1.99. The fourth-order valence-corrected chi connectivity index (χ4v) is 1.49. The molecule has 0 aromatic carbocycles. The van der Waals surface area contributed by atoms with Gasteiger partial charge in [-0.15, -0.1) is 11.3 Å². The Bertz CT molecular complexity index is 226. The minimum absolute atomic E-state index is 0.371. The third-order valence-corrected chi connectivity index (χ3v) is 2.11. The molecule has 1 heterocycles. The van der Waals surface area contributed by atoms with Gasteiger partial charge in [0.15, 0.2) is 4.47 Å². The molecular weight excluding hydrogens is 168 g/mol. The van der Waals surface area contributed by atoms with Gasteiger partial charge in [0.05, 0.1) is 11.2 Å². The van der Waals surface area contributed by atoms with E-state index in [1.54, 1.807) is 0 Å². The van der Waals surface area contributed by atoms with Crippen LogP contribution in [0.5, 0.6) is 0 Å². The number of hydrogen-bond donors (Lipinski definition) is 1. The smallest absolute Gasteiger partial charge is 0.183 e. The average Bonchev–Trinajstić information content (AvgIpc) is 2.11. The Kier molecular flexibility index (Phi) is 1.99. The van der Waals surface area contributed by atoms with E-state index in [1.807, 2.05) is 19.2 Å². The number of aromatic nitrogens is 1. The molecule has 56 valence electrons. The number of halogens is 1. The quantitative estimate of drug-likeness (QED) is 0.711. The lowest BCUT2D eigenvalue weighted by Gasteiger charge is -2.14. The maximum Gasteiger partial charge on any atom is 0.183 e. The summed E-state index contributed by atoms with van der Waals surface area (Å²) in [6.07, 6.45) is 0. The van der Waals surface area contributed by atoms with Crippen molar-refractivity contribution in [2.75, 3.05) is 0 Å². The summed E-state index contributed by atoms with van der Waals surface area (Å²) in [5.74, 6) is 0. The summed E-state index contributed by atoms with van der Waals surface area (Å²) in [7, 11) is 0. The average molecular weight is 177 g/mol. The highest BCUT2D eigenvalue weighted by Crippen LogP contribution is 2.22. The molecule has 4 heteroatoms. The van der Waals surface area contributed by atoms with Crippen molar-refractivity contribution < 1.29 is 0 Å². The Balaban J connectivity index is 2.96. The number of nitrogens with two attached hydrogens (primary N) is 1. The molecule has 0 bridgehead atoms. The van der Waals surface area contributed by atoms with Crippen LogP contribution >= 0.6 is 22.9 Å². The number of rotatable bonds is 1. The largest absolute Gasteiger partial charge is 0.321 e. The third kappa shape index (κ3) is 1.68. The molecule has 0 atom stereocenters. The second-order valence-electron chi connectivity index (χ2n) is 2.71. The molecule has 0 aliphatic rings. The van der Waals surface area contributed by atoms with Gasteiger partial charge in [-0.25, -0.2) is 4.98 Å². The fourth-order valence-electron chi connectivity index (χ4n) is 0.548. The van der Waals surface area contributed by atoms with Crippen molar-refractivity contribution in [3.63, 3.8) is 0 Å². The van der Waals surface area contributed by atoms with Gasteiger partial charge in [-0.2, -0.15) is 0 Å². The Morgan fingerprint density at radius 3 is 2.50 bits per heavy atom. The number of hydrogen-bond acceptors (Lipinski definition) is 3. The van der Waals surface area contributed by atoms with Crippen LogP contribution in [0, 0.1) is 0 Å². The summed E-state index contributed by atoms with van der Waals surface area (Å²) >= 11 is 7.02. The summed E-state index contributed by atoms with van der Waals surface area (Å²) in [5.41, 5.74) is 6.23. The molecular formula is C6H9ClN2S. The van der Waals surface area contributed by atoms with Crippen LogP contribution < -0.4 is 5.73 Å². The Labute approximate surface area is 69.0 Å². The van der Waals surface area contributed by atoms with Gasteiger partial charge in [0.1, 0.15) is 0 Å². The Hall–Kier alpha value is -0.120. The van der Waals surface area contributed by atoms with Gasteiger partial charge >= 0.3 is 0 Å². The van der Waals surface area contributed by atoms with Crippen LogP contribution in [0.3, 0.4) is 0 Å².